The van der Waals surface area contributed by atoms with Crippen molar-refractivity contribution in [1.82, 2.24) is 9.88 Å². The van der Waals surface area contributed by atoms with Crippen LogP contribution in [0.1, 0.15) is 15.9 Å². The Morgan fingerprint density at radius 1 is 1.09 bits per heavy atom. The summed E-state index contributed by atoms with van der Waals surface area (Å²) in [5.41, 5.74) is 1.37. The van der Waals surface area contributed by atoms with Gasteiger partial charge in [-0.25, -0.2) is 4.39 Å². The highest BCUT2D eigenvalue weighted by Crippen LogP contribution is 2.16. The second kappa shape index (κ2) is 11.8. The van der Waals surface area contributed by atoms with Crippen molar-refractivity contribution in [2.45, 2.75) is 0 Å². The van der Waals surface area contributed by atoms with Gasteiger partial charge in [-0.05, 0) is 48.5 Å². The van der Waals surface area contributed by atoms with Gasteiger partial charge in [-0.3, -0.25) is 14.6 Å². The molecular formula is C24H26FN5O4. The largest absolute Gasteiger partial charge is 0.383 e. The fraction of sp³-hybridized carbons (Fsp3) is 0.250. The molecule has 1 aromatic heterocycles. The van der Waals surface area contributed by atoms with Crippen LogP contribution in [0.2, 0.25) is 0 Å². The number of aromatic amines is 1. The third-order valence-electron chi connectivity index (χ3n) is 5.09. The Morgan fingerprint density at radius 2 is 1.76 bits per heavy atom. The van der Waals surface area contributed by atoms with Crippen LogP contribution in [0.15, 0.2) is 63.4 Å². The van der Waals surface area contributed by atoms with Crippen molar-refractivity contribution < 1.29 is 18.7 Å². The lowest BCUT2D eigenvalue weighted by Gasteiger charge is -2.22. The van der Waals surface area contributed by atoms with Crippen LogP contribution < -0.4 is 11.4 Å². The van der Waals surface area contributed by atoms with Crippen LogP contribution in [0.5, 0.6) is 0 Å². The van der Waals surface area contributed by atoms with Crippen molar-refractivity contribution in [3.05, 3.63) is 75.8 Å². The maximum atomic E-state index is 13.6. The number of nitrogens with zero attached hydrogens (tertiary/aromatic N) is 3. The monoisotopic (exact) mass is 467 g/mol. The summed E-state index contributed by atoms with van der Waals surface area (Å²) in [6, 6.07) is 12.2. The van der Waals surface area contributed by atoms with Gasteiger partial charge in [0, 0.05) is 43.8 Å². The molecule has 0 spiro atoms. The Balaban J connectivity index is 1.78. The third kappa shape index (κ3) is 6.12. The fourth-order valence-electron chi connectivity index (χ4n) is 3.27. The predicted molar refractivity (Wildman–Crippen MR) is 130 cm³/mol. The van der Waals surface area contributed by atoms with Gasteiger partial charge in [0.1, 0.15) is 11.5 Å². The average molecular weight is 468 g/mol. The maximum Gasteiger partial charge on any atom is 0.258 e. The van der Waals surface area contributed by atoms with E-state index >= 15 is 0 Å². The van der Waals surface area contributed by atoms with Crippen molar-refractivity contribution in [3.8, 4) is 0 Å². The molecule has 3 aromatic rings. The van der Waals surface area contributed by atoms with Gasteiger partial charge in [-0.2, -0.15) is 5.10 Å². The number of ether oxygens (including phenoxy) is 2. The van der Waals surface area contributed by atoms with Gasteiger partial charge in [-0.15, -0.1) is 0 Å². The van der Waals surface area contributed by atoms with E-state index in [2.05, 4.69) is 15.1 Å². The number of aliphatic imine (C=N–C) groups is 1. The van der Waals surface area contributed by atoms with Crippen LogP contribution >= 0.6 is 0 Å². The van der Waals surface area contributed by atoms with E-state index in [0.29, 0.717) is 48.5 Å². The summed E-state index contributed by atoms with van der Waals surface area (Å²) in [5.74, 6) is 4.91. The summed E-state index contributed by atoms with van der Waals surface area (Å²) in [6.07, 6.45) is 1.34. The lowest BCUT2D eigenvalue weighted by atomic mass is 10.1. The van der Waals surface area contributed by atoms with Gasteiger partial charge in [0.2, 0.25) is 0 Å². The standard InChI is InChI=1S/C24H26FN5O4/c1-33-11-9-30(10-12-34-2)24(32)16-3-6-19(7-4-16)27-15-22(29-26)20-14-17-13-18(25)5-8-21(17)28-23(20)31/h3-8,13-15H,9-12,26H2,1-2H3,(H,28,31). The zero-order chi connectivity index (χ0) is 24.5. The molecule has 0 unspecified atom stereocenters. The van der Waals surface area contributed by atoms with Gasteiger partial charge in [0.15, 0.2) is 0 Å². The molecule has 1 amide bonds. The zero-order valence-electron chi connectivity index (χ0n) is 19.0. The van der Waals surface area contributed by atoms with Gasteiger partial charge >= 0.3 is 0 Å². The third-order valence-corrected chi connectivity index (χ3v) is 5.09. The molecule has 0 aliphatic heterocycles. The predicted octanol–water partition coefficient (Wildman–Crippen LogP) is 2.47. The zero-order valence-corrected chi connectivity index (χ0v) is 19.0. The SMILES string of the molecule is COCCN(CCOC)C(=O)c1ccc(N=CC(=NN)c2cc3cc(F)ccc3[nH]c2=O)cc1. The number of nitrogens with one attached hydrogen (secondary N) is 1. The first kappa shape index (κ1) is 24.7. The average Bonchev–Trinajstić information content (AvgIpc) is 2.85. The molecule has 10 heteroatoms. The summed E-state index contributed by atoms with van der Waals surface area (Å²) in [7, 11) is 3.16. The van der Waals surface area contributed by atoms with Crippen molar-refractivity contribution in [1.29, 1.82) is 0 Å². The van der Waals surface area contributed by atoms with Crippen LogP contribution in [0.3, 0.4) is 0 Å². The molecule has 2 aromatic carbocycles. The number of nitrogens with two attached hydrogens (primary N) is 1. The van der Waals surface area contributed by atoms with Gasteiger partial charge < -0.3 is 25.2 Å². The quantitative estimate of drug-likeness (QED) is 0.269. The summed E-state index contributed by atoms with van der Waals surface area (Å²) in [4.78, 5) is 33.9. The van der Waals surface area contributed by atoms with E-state index in [9.17, 15) is 14.0 Å². The van der Waals surface area contributed by atoms with E-state index in [1.165, 1.54) is 30.5 Å². The highest BCUT2D eigenvalue weighted by molar-refractivity contribution is 6.38. The number of carbonyl (C=O) groups is 1. The minimum atomic E-state index is -0.428. The van der Waals surface area contributed by atoms with E-state index in [-0.39, 0.29) is 17.2 Å². The Labute approximate surface area is 195 Å². The first-order valence-electron chi connectivity index (χ1n) is 10.5. The number of carbonyl (C=O) groups excluding carboxylic acids is 1. The molecule has 0 fully saturated rings. The molecule has 0 atom stereocenters. The number of hydrogen-bond donors (Lipinski definition) is 2. The van der Waals surface area contributed by atoms with E-state index in [1.54, 1.807) is 43.4 Å². The molecule has 0 bridgehead atoms. The van der Waals surface area contributed by atoms with Crippen molar-refractivity contribution in [2.75, 3.05) is 40.5 Å². The number of halogens is 1. The molecule has 3 rings (SSSR count). The normalized spacial score (nSPS) is 11.9. The number of hydrogen-bond acceptors (Lipinski definition) is 7. The Kier molecular flexibility index (Phi) is 8.60. The lowest BCUT2D eigenvalue weighted by molar-refractivity contribution is 0.0627. The molecule has 1 heterocycles. The second-order valence-corrected chi connectivity index (χ2v) is 7.34. The number of fused-ring (bicyclic) bond motifs is 1. The second-order valence-electron chi connectivity index (χ2n) is 7.34. The molecule has 178 valence electrons. The fourth-order valence-corrected chi connectivity index (χ4v) is 3.27. The molecule has 9 nitrogen and oxygen atoms in total. The van der Waals surface area contributed by atoms with Crippen molar-refractivity contribution in [2.24, 2.45) is 15.9 Å². The van der Waals surface area contributed by atoms with Crippen LogP contribution in [0.4, 0.5) is 10.1 Å². The van der Waals surface area contributed by atoms with E-state index in [4.69, 9.17) is 15.3 Å². The van der Waals surface area contributed by atoms with E-state index in [0.717, 1.165) is 0 Å². The first-order valence-corrected chi connectivity index (χ1v) is 10.5. The van der Waals surface area contributed by atoms with Gasteiger partial charge in [0.05, 0.1) is 30.7 Å². The number of aromatic nitrogens is 1. The van der Waals surface area contributed by atoms with Crippen molar-refractivity contribution in [3.63, 3.8) is 0 Å². The minimum absolute atomic E-state index is 0.123. The molecule has 0 aliphatic carbocycles. The minimum Gasteiger partial charge on any atom is -0.383 e. The van der Waals surface area contributed by atoms with Crippen molar-refractivity contribution >= 4 is 34.4 Å². The number of pyridine rings is 1. The summed E-state index contributed by atoms with van der Waals surface area (Å²) in [5, 5.41) is 4.16. The topological polar surface area (TPSA) is 122 Å². The number of methoxy groups -OCH3 is 2. The first-order chi connectivity index (χ1) is 16.5. The Bertz CT molecular complexity index is 1250. The molecule has 34 heavy (non-hydrogen) atoms. The molecule has 0 saturated carbocycles. The molecule has 0 saturated heterocycles. The molecule has 0 aliphatic rings. The summed E-state index contributed by atoms with van der Waals surface area (Å²) < 4.78 is 23.7. The highest BCUT2D eigenvalue weighted by atomic mass is 19.1. The number of H-pyrrole nitrogens is 1. The maximum absolute atomic E-state index is 13.6. The summed E-state index contributed by atoms with van der Waals surface area (Å²) >= 11 is 0. The van der Waals surface area contributed by atoms with E-state index in [1.807, 2.05) is 0 Å². The number of amides is 1. The van der Waals surface area contributed by atoms with Gasteiger partial charge in [0.25, 0.3) is 11.5 Å². The van der Waals surface area contributed by atoms with Crippen LogP contribution in [0.25, 0.3) is 10.9 Å². The number of benzene rings is 2. The molecule has 0 radical (unpaired) electrons. The lowest BCUT2D eigenvalue weighted by Crippen LogP contribution is -2.36. The van der Waals surface area contributed by atoms with Gasteiger partial charge in [-0.1, -0.05) is 0 Å². The highest BCUT2D eigenvalue weighted by Gasteiger charge is 2.15. The smallest absolute Gasteiger partial charge is 0.258 e. The number of rotatable bonds is 10. The molecular weight excluding hydrogens is 441 g/mol. The van der Waals surface area contributed by atoms with Crippen LogP contribution in [-0.2, 0) is 9.47 Å². The van der Waals surface area contributed by atoms with Crippen LogP contribution in [-0.4, -0.2) is 68.2 Å². The number of hydrazone groups is 1. The van der Waals surface area contributed by atoms with E-state index < -0.39 is 11.4 Å². The Hall–Kier alpha value is -3.89. The molecule has 3 N–H and O–H groups in total. The summed E-state index contributed by atoms with van der Waals surface area (Å²) in [6.45, 7) is 1.72. The Morgan fingerprint density at radius 3 is 2.38 bits per heavy atom. The van der Waals surface area contributed by atoms with Crippen LogP contribution in [0, 0.1) is 5.82 Å².